The van der Waals surface area contributed by atoms with Crippen molar-refractivity contribution in [2.45, 2.75) is 44.7 Å². The predicted molar refractivity (Wildman–Crippen MR) is 108 cm³/mol. The van der Waals surface area contributed by atoms with Gasteiger partial charge in [0.05, 0.1) is 5.52 Å². The number of rotatable bonds is 4. The highest BCUT2D eigenvalue weighted by Crippen LogP contribution is 2.25. The Labute approximate surface area is 157 Å². The van der Waals surface area contributed by atoms with Gasteiger partial charge in [0.1, 0.15) is 11.2 Å². The minimum Gasteiger partial charge on any atom is -0.350 e. The number of nitrogens with two attached hydrogens (primary N) is 1. The highest BCUT2D eigenvalue weighted by atomic mass is 16.1. The Morgan fingerprint density at radius 3 is 2.85 bits per heavy atom. The molecule has 7 nitrogen and oxygen atoms in total. The van der Waals surface area contributed by atoms with Crippen LogP contribution in [-0.2, 0) is 0 Å². The van der Waals surface area contributed by atoms with E-state index in [0.29, 0.717) is 22.7 Å². The Kier molecular flexibility index (Phi) is 4.77. The van der Waals surface area contributed by atoms with E-state index < -0.39 is 0 Å². The minimum absolute atomic E-state index is 0.0883. The van der Waals surface area contributed by atoms with Gasteiger partial charge in [-0.3, -0.25) is 4.79 Å². The number of hydrogen-bond acceptors (Lipinski definition) is 6. The Morgan fingerprint density at radius 1 is 1.19 bits per heavy atom. The second-order valence-corrected chi connectivity index (χ2v) is 7.16. The highest BCUT2D eigenvalue weighted by molar-refractivity contribution is 5.90. The van der Waals surface area contributed by atoms with Gasteiger partial charge in [-0.2, -0.15) is 4.98 Å². The molecule has 2 atom stereocenters. The summed E-state index contributed by atoms with van der Waals surface area (Å²) in [6.45, 7) is 2.02. The number of H-pyrrole nitrogens is 1. The topological polar surface area (TPSA) is 109 Å². The molecule has 0 unspecified atom stereocenters. The van der Waals surface area contributed by atoms with E-state index in [1.54, 1.807) is 12.3 Å². The van der Waals surface area contributed by atoms with Gasteiger partial charge < -0.3 is 21.4 Å². The maximum Gasteiger partial charge on any atom is 0.261 e. The van der Waals surface area contributed by atoms with Crippen LogP contribution in [0.25, 0.3) is 10.9 Å². The summed E-state index contributed by atoms with van der Waals surface area (Å²) >= 11 is 0. The SMILES string of the molecule is Cc1cccc(Nc2nc(N[C@@H]3CCCC[C@@H]3N)nc3cc[nH]c(=O)c23)c1. The molecule has 0 saturated heterocycles. The number of anilines is 3. The van der Waals surface area contributed by atoms with E-state index in [9.17, 15) is 4.79 Å². The monoisotopic (exact) mass is 364 g/mol. The van der Waals surface area contributed by atoms with Gasteiger partial charge in [0.25, 0.3) is 5.56 Å². The zero-order valence-electron chi connectivity index (χ0n) is 15.3. The number of nitrogens with zero attached hydrogens (tertiary/aromatic N) is 2. The van der Waals surface area contributed by atoms with Gasteiger partial charge in [-0.05, 0) is 43.5 Å². The second-order valence-electron chi connectivity index (χ2n) is 7.16. The molecule has 0 bridgehead atoms. The lowest BCUT2D eigenvalue weighted by Crippen LogP contribution is -2.43. The fourth-order valence-corrected chi connectivity index (χ4v) is 3.61. The van der Waals surface area contributed by atoms with Crippen molar-refractivity contribution in [3.63, 3.8) is 0 Å². The van der Waals surface area contributed by atoms with Gasteiger partial charge >= 0.3 is 0 Å². The maximum absolute atomic E-state index is 12.4. The van der Waals surface area contributed by atoms with E-state index in [0.717, 1.165) is 36.9 Å². The van der Waals surface area contributed by atoms with E-state index in [1.807, 2.05) is 31.2 Å². The van der Waals surface area contributed by atoms with Crippen LogP contribution in [0.4, 0.5) is 17.5 Å². The van der Waals surface area contributed by atoms with Gasteiger partial charge in [0.15, 0.2) is 0 Å². The summed E-state index contributed by atoms with van der Waals surface area (Å²) in [5, 5.41) is 7.10. The number of fused-ring (bicyclic) bond motifs is 1. The molecular weight excluding hydrogens is 340 g/mol. The molecule has 7 heteroatoms. The van der Waals surface area contributed by atoms with E-state index in [-0.39, 0.29) is 17.6 Å². The predicted octanol–water partition coefficient (Wildman–Crippen LogP) is 3.05. The van der Waals surface area contributed by atoms with Crippen LogP contribution < -0.4 is 21.9 Å². The third kappa shape index (κ3) is 3.78. The zero-order valence-corrected chi connectivity index (χ0v) is 15.3. The van der Waals surface area contributed by atoms with Crippen molar-refractivity contribution >= 4 is 28.4 Å². The van der Waals surface area contributed by atoms with Crippen LogP contribution in [0.5, 0.6) is 0 Å². The maximum atomic E-state index is 12.4. The number of pyridine rings is 1. The van der Waals surface area contributed by atoms with E-state index in [2.05, 4.69) is 25.6 Å². The van der Waals surface area contributed by atoms with Crippen LogP contribution in [0.2, 0.25) is 0 Å². The number of aromatic amines is 1. The average molecular weight is 364 g/mol. The number of aromatic nitrogens is 3. The molecule has 4 rings (SSSR count). The highest BCUT2D eigenvalue weighted by Gasteiger charge is 2.23. The number of nitrogens with one attached hydrogen (secondary N) is 3. The summed E-state index contributed by atoms with van der Waals surface area (Å²) in [4.78, 5) is 24.3. The smallest absolute Gasteiger partial charge is 0.261 e. The quantitative estimate of drug-likeness (QED) is 0.567. The Balaban J connectivity index is 1.74. The third-order valence-corrected chi connectivity index (χ3v) is 5.03. The van der Waals surface area contributed by atoms with Gasteiger partial charge in [0, 0.05) is 24.0 Å². The molecule has 0 amide bonds. The normalized spacial score (nSPS) is 19.8. The summed E-state index contributed by atoms with van der Waals surface area (Å²) in [7, 11) is 0. The third-order valence-electron chi connectivity index (χ3n) is 5.03. The fourth-order valence-electron chi connectivity index (χ4n) is 3.61. The zero-order chi connectivity index (χ0) is 18.8. The number of hydrogen-bond donors (Lipinski definition) is 4. The Hall–Kier alpha value is -2.93. The van der Waals surface area contributed by atoms with Crippen LogP contribution in [0, 0.1) is 6.92 Å². The second kappa shape index (κ2) is 7.36. The van der Waals surface area contributed by atoms with Gasteiger partial charge in [-0.25, -0.2) is 4.98 Å². The first-order valence-electron chi connectivity index (χ1n) is 9.35. The van der Waals surface area contributed by atoms with Gasteiger partial charge in [-0.15, -0.1) is 0 Å². The average Bonchev–Trinajstić information content (AvgIpc) is 2.64. The molecule has 27 heavy (non-hydrogen) atoms. The summed E-state index contributed by atoms with van der Waals surface area (Å²) in [6.07, 6.45) is 5.91. The molecule has 2 aromatic heterocycles. The molecule has 1 saturated carbocycles. The molecule has 0 radical (unpaired) electrons. The van der Waals surface area contributed by atoms with Crippen LogP contribution in [0.15, 0.2) is 41.3 Å². The van der Waals surface area contributed by atoms with Crippen LogP contribution in [-0.4, -0.2) is 27.0 Å². The number of aryl methyl sites for hydroxylation is 1. The van der Waals surface area contributed by atoms with Crippen molar-refractivity contribution in [1.82, 2.24) is 15.0 Å². The largest absolute Gasteiger partial charge is 0.350 e. The summed E-state index contributed by atoms with van der Waals surface area (Å²) in [6, 6.07) is 9.96. The van der Waals surface area contributed by atoms with Crippen molar-refractivity contribution in [3.8, 4) is 0 Å². The molecule has 0 spiro atoms. The lowest BCUT2D eigenvalue weighted by atomic mass is 9.91. The van der Waals surface area contributed by atoms with Crippen molar-refractivity contribution < 1.29 is 0 Å². The van der Waals surface area contributed by atoms with Crippen LogP contribution in [0.1, 0.15) is 31.2 Å². The molecule has 1 fully saturated rings. The van der Waals surface area contributed by atoms with E-state index in [1.165, 1.54) is 0 Å². The minimum atomic E-state index is -0.219. The molecule has 3 aromatic rings. The molecular formula is C20H24N6O. The fraction of sp³-hybridized carbons (Fsp3) is 0.350. The van der Waals surface area contributed by atoms with E-state index in [4.69, 9.17) is 5.73 Å². The number of benzene rings is 1. The summed E-state index contributed by atoms with van der Waals surface area (Å²) < 4.78 is 0. The lowest BCUT2D eigenvalue weighted by molar-refractivity contribution is 0.402. The van der Waals surface area contributed by atoms with Crippen LogP contribution >= 0.6 is 0 Å². The molecule has 1 aliphatic rings. The lowest BCUT2D eigenvalue weighted by Gasteiger charge is -2.29. The van der Waals surface area contributed by atoms with Crippen molar-refractivity contribution in [3.05, 3.63) is 52.4 Å². The summed E-state index contributed by atoms with van der Waals surface area (Å²) in [5.41, 5.74) is 8.63. The van der Waals surface area contributed by atoms with Crippen LogP contribution in [0.3, 0.4) is 0 Å². The first-order valence-corrected chi connectivity index (χ1v) is 9.35. The first-order chi connectivity index (χ1) is 13.1. The molecule has 0 aliphatic heterocycles. The van der Waals surface area contributed by atoms with E-state index >= 15 is 0 Å². The Morgan fingerprint density at radius 2 is 2.04 bits per heavy atom. The van der Waals surface area contributed by atoms with Crippen molar-refractivity contribution in [2.24, 2.45) is 5.73 Å². The standard InChI is InChI=1S/C20H24N6O/c1-12-5-4-6-13(11-12)23-18-17-16(9-10-22-19(17)27)25-20(26-18)24-15-8-3-2-7-14(15)21/h4-6,9-11,14-15H,2-3,7-8,21H2,1H3,(H,22,27)(H2,23,24,25,26)/t14-,15+/m0/s1. The molecule has 1 aliphatic carbocycles. The molecule has 2 heterocycles. The van der Waals surface area contributed by atoms with Gasteiger partial charge in [0.2, 0.25) is 5.95 Å². The molecule has 5 N–H and O–H groups in total. The van der Waals surface area contributed by atoms with Crippen molar-refractivity contribution in [2.75, 3.05) is 10.6 Å². The Bertz CT molecular complexity index is 1010. The first kappa shape index (κ1) is 17.5. The molecule has 1 aromatic carbocycles. The van der Waals surface area contributed by atoms with Crippen molar-refractivity contribution in [1.29, 1.82) is 0 Å². The van der Waals surface area contributed by atoms with Gasteiger partial charge in [-0.1, -0.05) is 25.0 Å². The summed E-state index contributed by atoms with van der Waals surface area (Å²) in [5.74, 6) is 0.977. The molecule has 140 valence electrons.